The fraction of sp³-hybridized carbons (Fsp3) is 1.00. The average Bonchev–Trinajstić information content (AvgIpc) is 3.13. The first kappa shape index (κ1) is 17.2. The Labute approximate surface area is 131 Å². The van der Waals surface area contributed by atoms with Crippen LogP contribution >= 0.6 is 0 Å². The second-order valence-electron chi connectivity index (χ2n) is 6.78. The molecule has 0 aromatic carbocycles. The van der Waals surface area contributed by atoms with Crippen molar-refractivity contribution in [2.45, 2.75) is 51.5 Å². The fourth-order valence-electron chi connectivity index (χ4n) is 3.59. The molecule has 2 fully saturated rings. The van der Waals surface area contributed by atoms with E-state index in [-0.39, 0.29) is 0 Å². The van der Waals surface area contributed by atoms with Crippen molar-refractivity contribution in [3.8, 4) is 0 Å². The van der Waals surface area contributed by atoms with Gasteiger partial charge in [0.2, 0.25) is 0 Å². The molecule has 0 saturated carbocycles. The van der Waals surface area contributed by atoms with Crippen LogP contribution < -0.4 is 10.6 Å². The van der Waals surface area contributed by atoms with Crippen molar-refractivity contribution in [1.82, 2.24) is 20.4 Å². The Hall–Kier alpha value is -0.160. The zero-order chi connectivity index (χ0) is 14.8. The maximum absolute atomic E-state index is 3.56. The minimum Gasteiger partial charge on any atom is -0.315 e. The molecule has 21 heavy (non-hydrogen) atoms. The Morgan fingerprint density at radius 3 is 2.10 bits per heavy atom. The van der Waals surface area contributed by atoms with Gasteiger partial charge in [-0.25, -0.2) is 0 Å². The summed E-state index contributed by atoms with van der Waals surface area (Å²) in [6.45, 7) is 13.5. The van der Waals surface area contributed by atoms with E-state index in [0.717, 1.165) is 19.1 Å². The molecule has 4 nitrogen and oxygen atoms in total. The normalized spacial score (nSPS) is 24.1. The smallest absolute Gasteiger partial charge is 0.00767 e. The van der Waals surface area contributed by atoms with Crippen LogP contribution in [-0.4, -0.2) is 74.7 Å². The topological polar surface area (TPSA) is 30.5 Å². The number of nitrogens with zero attached hydrogens (tertiary/aromatic N) is 2. The van der Waals surface area contributed by atoms with Gasteiger partial charge in [0.05, 0.1) is 0 Å². The summed E-state index contributed by atoms with van der Waals surface area (Å²) in [5.74, 6) is 0. The van der Waals surface area contributed by atoms with Crippen LogP contribution in [0.25, 0.3) is 0 Å². The van der Waals surface area contributed by atoms with Gasteiger partial charge in [0.25, 0.3) is 0 Å². The third kappa shape index (κ3) is 7.09. The summed E-state index contributed by atoms with van der Waals surface area (Å²) in [4.78, 5) is 5.23. The van der Waals surface area contributed by atoms with Gasteiger partial charge in [0.1, 0.15) is 0 Å². The van der Waals surface area contributed by atoms with E-state index in [2.05, 4.69) is 27.4 Å². The van der Waals surface area contributed by atoms with Gasteiger partial charge in [0.15, 0.2) is 0 Å². The summed E-state index contributed by atoms with van der Waals surface area (Å²) < 4.78 is 0. The van der Waals surface area contributed by atoms with Crippen LogP contribution in [0.4, 0.5) is 0 Å². The third-order valence-electron chi connectivity index (χ3n) is 4.99. The van der Waals surface area contributed by atoms with Crippen LogP contribution in [0, 0.1) is 0 Å². The first-order valence-corrected chi connectivity index (χ1v) is 9.24. The molecule has 0 aromatic heterocycles. The predicted molar refractivity (Wildman–Crippen MR) is 90.9 cm³/mol. The lowest BCUT2D eigenvalue weighted by atomic mass is 10.2. The van der Waals surface area contributed by atoms with Gasteiger partial charge in [-0.2, -0.15) is 0 Å². The summed E-state index contributed by atoms with van der Waals surface area (Å²) >= 11 is 0. The molecule has 4 heteroatoms. The number of rotatable bonds is 11. The van der Waals surface area contributed by atoms with Crippen LogP contribution in [0.1, 0.15) is 45.4 Å². The van der Waals surface area contributed by atoms with Gasteiger partial charge >= 0.3 is 0 Å². The lowest BCUT2D eigenvalue weighted by molar-refractivity contribution is 0.264. The molecule has 124 valence electrons. The van der Waals surface area contributed by atoms with Gasteiger partial charge in [-0.3, -0.25) is 0 Å². The predicted octanol–water partition coefficient (Wildman–Crippen LogP) is 1.53. The molecule has 0 spiro atoms. The van der Waals surface area contributed by atoms with E-state index in [0.29, 0.717) is 0 Å². The Morgan fingerprint density at radius 2 is 1.48 bits per heavy atom. The zero-order valence-corrected chi connectivity index (χ0v) is 14.1. The molecule has 0 aromatic rings. The first-order chi connectivity index (χ1) is 10.4. The van der Waals surface area contributed by atoms with Crippen LogP contribution in [-0.2, 0) is 0 Å². The lowest BCUT2D eigenvalue weighted by Crippen LogP contribution is -2.33. The summed E-state index contributed by atoms with van der Waals surface area (Å²) in [5, 5.41) is 7.11. The highest BCUT2D eigenvalue weighted by Gasteiger charge is 2.18. The summed E-state index contributed by atoms with van der Waals surface area (Å²) in [5.41, 5.74) is 0. The highest BCUT2D eigenvalue weighted by molar-refractivity contribution is 4.75. The van der Waals surface area contributed by atoms with Crippen LogP contribution in [0.15, 0.2) is 0 Å². The Balaban J connectivity index is 1.29. The SMILES string of the molecule is CC1CCCN1CCCNCCNCCCN1CCCC1. The van der Waals surface area contributed by atoms with Gasteiger partial charge in [-0.15, -0.1) is 0 Å². The molecule has 1 unspecified atom stereocenters. The molecule has 2 aliphatic heterocycles. The quantitative estimate of drug-likeness (QED) is 0.566. The van der Waals surface area contributed by atoms with Gasteiger partial charge in [-0.1, -0.05) is 0 Å². The molecule has 0 bridgehead atoms. The van der Waals surface area contributed by atoms with E-state index in [9.17, 15) is 0 Å². The monoisotopic (exact) mass is 296 g/mol. The standard InChI is InChI=1S/C17H36N4/c1-17-7-4-15-21(17)16-6-9-19-11-10-18-8-5-14-20-12-2-3-13-20/h17-19H,2-16H2,1H3. The van der Waals surface area contributed by atoms with E-state index in [1.807, 2.05) is 0 Å². The van der Waals surface area contributed by atoms with Crippen LogP contribution in [0.2, 0.25) is 0 Å². The average molecular weight is 297 g/mol. The molecule has 0 amide bonds. The Bertz CT molecular complexity index is 253. The third-order valence-corrected chi connectivity index (χ3v) is 4.99. The maximum Gasteiger partial charge on any atom is 0.00767 e. The number of likely N-dealkylation sites (tertiary alicyclic amines) is 2. The molecule has 2 N–H and O–H groups in total. The van der Waals surface area contributed by atoms with E-state index in [4.69, 9.17) is 0 Å². The van der Waals surface area contributed by atoms with Gasteiger partial charge in [-0.05, 0) is 91.3 Å². The molecule has 2 rings (SSSR count). The molecular weight excluding hydrogens is 260 g/mol. The number of hydrogen-bond acceptors (Lipinski definition) is 4. The molecule has 2 saturated heterocycles. The molecule has 2 heterocycles. The minimum absolute atomic E-state index is 0.822. The van der Waals surface area contributed by atoms with Crippen molar-refractivity contribution in [3.63, 3.8) is 0 Å². The molecule has 2 aliphatic rings. The van der Waals surface area contributed by atoms with Crippen LogP contribution in [0.3, 0.4) is 0 Å². The van der Waals surface area contributed by atoms with Crippen molar-refractivity contribution in [1.29, 1.82) is 0 Å². The summed E-state index contributed by atoms with van der Waals surface area (Å²) in [7, 11) is 0. The highest BCUT2D eigenvalue weighted by Crippen LogP contribution is 2.15. The van der Waals surface area contributed by atoms with E-state index in [1.54, 1.807) is 0 Å². The molecule has 0 radical (unpaired) electrons. The zero-order valence-electron chi connectivity index (χ0n) is 14.1. The Kier molecular flexibility index (Phi) is 8.64. The van der Waals surface area contributed by atoms with Crippen molar-refractivity contribution >= 4 is 0 Å². The summed E-state index contributed by atoms with van der Waals surface area (Å²) in [6.07, 6.45) is 8.21. The van der Waals surface area contributed by atoms with Gasteiger partial charge in [0, 0.05) is 19.1 Å². The molecule has 1 atom stereocenters. The number of hydrogen-bond donors (Lipinski definition) is 2. The van der Waals surface area contributed by atoms with Crippen molar-refractivity contribution in [2.24, 2.45) is 0 Å². The van der Waals surface area contributed by atoms with E-state index >= 15 is 0 Å². The Morgan fingerprint density at radius 1 is 0.810 bits per heavy atom. The van der Waals surface area contributed by atoms with Crippen molar-refractivity contribution < 1.29 is 0 Å². The second kappa shape index (κ2) is 10.5. The summed E-state index contributed by atoms with van der Waals surface area (Å²) in [6, 6.07) is 0.822. The van der Waals surface area contributed by atoms with Crippen molar-refractivity contribution in [2.75, 3.05) is 58.9 Å². The minimum atomic E-state index is 0.822. The first-order valence-electron chi connectivity index (χ1n) is 9.24. The fourth-order valence-corrected chi connectivity index (χ4v) is 3.59. The largest absolute Gasteiger partial charge is 0.315 e. The van der Waals surface area contributed by atoms with Crippen molar-refractivity contribution in [3.05, 3.63) is 0 Å². The molecule has 0 aliphatic carbocycles. The second-order valence-corrected chi connectivity index (χ2v) is 6.78. The molecular formula is C17H36N4. The maximum atomic E-state index is 3.56. The van der Waals surface area contributed by atoms with Crippen LogP contribution in [0.5, 0.6) is 0 Å². The van der Waals surface area contributed by atoms with E-state index < -0.39 is 0 Å². The van der Waals surface area contributed by atoms with Gasteiger partial charge < -0.3 is 20.4 Å². The van der Waals surface area contributed by atoms with E-state index in [1.165, 1.54) is 84.3 Å². The lowest BCUT2D eigenvalue weighted by Gasteiger charge is -2.20. The number of nitrogens with one attached hydrogen (secondary N) is 2. The highest BCUT2D eigenvalue weighted by atomic mass is 15.2.